The number of aromatic nitrogens is 1. The van der Waals surface area contributed by atoms with Crippen LogP contribution in [0.15, 0.2) is 29.5 Å². The second-order valence-electron chi connectivity index (χ2n) is 5.86. The molecular formula is C14H21N5S. The molecule has 0 aliphatic rings. The summed E-state index contributed by atoms with van der Waals surface area (Å²) >= 11 is 4.54. The summed E-state index contributed by atoms with van der Waals surface area (Å²) < 4.78 is -0.137. The fourth-order valence-corrected chi connectivity index (χ4v) is 2.50. The SMILES string of the molecule is CC(C)(S)CC(C)(C)N=C(NC#N)Nc1ccncc1. The number of hydrogen-bond acceptors (Lipinski definition) is 4. The lowest BCUT2D eigenvalue weighted by atomic mass is 9.93. The van der Waals surface area contributed by atoms with E-state index in [1.54, 1.807) is 12.4 Å². The summed E-state index contributed by atoms with van der Waals surface area (Å²) in [5.74, 6) is 0.418. The Morgan fingerprint density at radius 1 is 1.35 bits per heavy atom. The first-order valence-corrected chi connectivity index (χ1v) is 6.81. The highest BCUT2D eigenvalue weighted by molar-refractivity contribution is 7.81. The fourth-order valence-electron chi connectivity index (χ4n) is 2.11. The summed E-state index contributed by atoms with van der Waals surface area (Å²) in [5.41, 5.74) is 0.479. The topological polar surface area (TPSA) is 73.1 Å². The number of thiol groups is 1. The van der Waals surface area contributed by atoms with Crippen molar-refractivity contribution in [2.75, 3.05) is 5.32 Å². The Kier molecular flexibility index (Phi) is 5.40. The molecule has 1 rings (SSSR count). The van der Waals surface area contributed by atoms with E-state index in [2.05, 4.69) is 33.2 Å². The predicted molar refractivity (Wildman–Crippen MR) is 85.8 cm³/mol. The number of rotatable bonds is 4. The number of nitrogens with zero attached hydrogens (tertiary/aromatic N) is 3. The van der Waals surface area contributed by atoms with Gasteiger partial charge in [0.25, 0.3) is 0 Å². The summed E-state index contributed by atoms with van der Waals surface area (Å²) in [6.45, 7) is 8.11. The molecule has 0 unspecified atom stereocenters. The molecule has 0 atom stereocenters. The molecule has 0 saturated heterocycles. The van der Waals surface area contributed by atoms with Crippen molar-refractivity contribution in [3.05, 3.63) is 24.5 Å². The van der Waals surface area contributed by atoms with Crippen LogP contribution in [-0.4, -0.2) is 21.2 Å². The molecule has 0 radical (unpaired) electrons. The quantitative estimate of drug-likeness (QED) is 0.262. The van der Waals surface area contributed by atoms with Crippen LogP contribution < -0.4 is 10.6 Å². The van der Waals surface area contributed by atoms with E-state index in [1.807, 2.05) is 46.0 Å². The number of nitrogens with one attached hydrogen (secondary N) is 2. The van der Waals surface area contributed by atoms with Crippen molar-refractivity contribution in [2.24, 2.45) is 4.99 Å². The van der Waals surface area contributed by atoms with Crippen molar-refractivity contribution >= 4 is 24.3 Å². The molecule has 0 spiro atoms. The fraction of sp³-hybridized carbons (Fsp3) is 0.500. The Hall–Kier alpha value is -1.74. The molecule has 0 fully saturated rings. The monoisotopic (exact) mass is 291 g/mol. The van der Waals surface area contributed by atoms with Gasteiger partial charge in [-0.2, -0.15) is 17.9 Å². The minimum atomic E-state index is -0.343. The summed E-state index contributed by atoms with van der Waals surface area (Å²) in [7, 11) is 0. The third kappa shape index (κ3) is 6.43. The highest BCUT2D eigenvalue weighted by atomic mass is 32.1. The lowest BCUT2D eigenvalue weighted by molar-refractivity contribution is 0.428. The molecule has 1 heterocycles. The van der Waals surface area contributed by atoms with E-state index in [-0.39, 0.29) is 10.3 Å². The molecule has 108 valence electrons. The Bertz CT molecular complexity index is 497. The highest BCUT2D eigenvalue weighted by Crippen LogP contribution is 2.28. The number of aliphatic imine (C=N–C) groups is 1. The van der Waals surface area contributed by atoms with Crippen LogP contribution in [0.2, 0.25) is 0 Å². The van der Waals surface area contributed by atoms with Crippen LogP contribution in [0, 0.1) is 11.5 Å². The van der Waals surface area contributed by atoms with Gasteiger partial charge < -0.3 is 5.32 Å². The van der Waals surface area contributed by atoms with E-state index in [0.717, 1.165) is 12.1 Å². The normalized spacial score (nSPS) is 12.7. The smallest absolute Gasteiger partial charge is 0.209 e. The number of anilines is 1. The largest absolute Gasteiger partial charge is 0.325 e. The van der Waals surface area contributed by atoms with Crippen LogP contribution in [0.1, 0.15) is 34.1 Å². The molecule has 0 aliphatic heterocycles. The minimum Gasteiger partial charge on any atom is -0.325 e. The maximum absolute atomic E-state index is 8.83. The predicted octanol–water partition coefficient (Wildman–Crippen LogP) is 2.80. The van der Waals surface area contributed by atoms with E-state index >= 15 is 0 Å². The van der Waals surface area contributed by atoms with Gasteiger partial charge in [0.05, 0.1) is 5.54 Å². The molecule has 0 saturated carbocycles. The molecular weight excluding hydrogens is 270 g/mol. The second-order valence-corrected chi connectivity index (χ2v) is 7.07. The lowest BCUT2D eigenvalue weighted by Crippen LogP contribution is -2.34. The summed E-state index contributed by atoms with van der Waals surface area (Å²) in [4.78, 5) is 8.53. The molecule has 20 heavy (non-hydrogen) atoms. The number of pyridine rings is 1. The number of guanidine groups is 1. The van der Waals surface area contributed by atoms with Gasteiger partial charge in [0, 0.05) is 22.8 Å². The van der Waals surface area contributed by atoms with Gasteiger partial charge in [-0.3, -0.25) is 10.3 Å². The van der Waals surface area contributed by atoms with Gasteiger partial charge >= 0.3 is 0 Å². The Labute approximate surface area is 125 Å². The van der Waals surface area contributed by atoms with E-state index in [4.69, 9.17) is 5.26 Å². The van der Waals surface area contributed by atoms with Gasteiger partial charge in [0.2, 0.25) is 5.96 Å². The van der Waals surface area contributed by atoms with Crippen LogP contribution in [-0.2, 0) is 0 Å². The second kappa shape index (κ2) is 6.62. The molecule has 0 aromatic carbocycles. The van der Waals surface area contributed by atoms with Crippen molar-refractivity contribution in [3.63, 3.8) is 0 Å². The van der Waals surface area contributed by atoms with Crippen LogP contribution in [0.25, 0.3) is 0 Å². The zero-order chi connectivity index (χ0) is 15.2. The first-order chi connectivity index (χ1) is 9.22. The van der Waals surface area contributed by atoms with Crippen LogP contribution in [0.4, 0.5) is 5.69 Å². The van der Waals surface area contributed by atoms with Gasteiger partial charge in [-0.05, 0) is 32.4 Å². The third-order valence-electron chi connectivity index (χ3n) is 2.40. The van der Waals surface area contributed by atoms with Crippen molar-refractivity contribution in [1.82, 2.24) is 10.3 Å². The van der Waals surface area contributed by atoms with E-state index in [9.17, 15) is 0 Å². The van der Waals surface area contributed by atoms with E-state index < -0.39 is 0 Å². The van der Waals surface area contributed by atoms with E-state index in [0.29, 0.717) is 5.96 Å². The Balaban J connectivity index is 2.90. The minimum absolute atomic E-state index is 0.137. The average Bonchev–Trinajstić information content (AvgIpc) is 2.26. The van der Waals surface area contributed by atoms with Crippen LogP contribution >= 0.6 is 12.6 Å². The highest BCUT2D eigenvalue weighted by Gasteiger charge is 2.26. The van der Waals surface area contributed by atoms with Crippen molar-refractivity contribution in [1.29, 1.82) is 5.26 Å². The standard InChI is InChI=1S/C14H21N5S/c1-13(2,9-14(3,4)20)19-12(17-10-15)18-11-5-7-16-8-6-11/h5-8,20H,9H2,1-4H3,(H2,16,17,18,19). The van der Waals surface area contributed by atoms with Gasteiger partial charge in [-0.1, -0.05) is 13.8 Å². The zero-order valence-electron chi connectivity index (χ0n) is 12.3. The summed E-state index contributed by atoms with van der Waals surface area (Å²) in [5, 5.41) is 14.5. The van der Waals surface area contributed by atoms with Crippen LogP contribution in [0.5, 0.6) is 0 Å². The number of hydrogen-bond donors (Lipinski definition) is 3. The van der Waals surface area contributed by atoms with Crippen LogP contribution in [0.3, 0.4) is 0 Å². The van der Waals surface area contributed by atoms with Gasteiger partial charge in [-0.25, -0.2) is 4.99 Å². The van der Waals surface area contributed by atoms with Crippen molar-refractivity contribution < 1.29 is 0 Å². The number of nitriles is 1. The molecule has 1 aromatic rings. The molecule has 0 amide bonds. The first-order valence-electron chi connectivity index (χ1n) is 6.36. The Morgan fingerprint density at radius 2 is 1.95 bits per heavy atom. The average molecular weight is 291 g/mol. The van der Waals surface area contributed by atoms with Gasteiger partial charge in [-0.15, -0.1) is 0 Å². The Morgan fingerprint density at radius 3 is 2.45 bits per heavy atom. The molecule has 1 aromatic heterocycles. The van der Waals surface area contributed by atoms with Crippen molar-refractivity contribution in [3.8, 4) is 6.19 Å². The summed E-state index contributed by atoms with van der Waals surface area (Å²) in [6, 6.07) is 3.62. The maximum atomic E-state index is 8.83. The van der Waals surface area contributed by atoms with Crippen molar-refractivity contribution in [2.45, 2.75) is 44.4 Å². The van der Waals surface area contributed by atoms with E-state index in [1.165, 1.54) is 0 Å². The summed E-state index contributed by atoms with van der Waals surface area (Å²) in [6.07, 6.45) is 6.02. The zero-order valence-corrected chi connectivity index (χ0v) is 13.2. The lowest BCUT2D eigenvalue weighted by Gasteiger charge is -2.29. The molecule has 0 aliphatic carbocycles. The molecule has 2 N–H and O–H groups in total. The maximum Gasteiger partial charge on any atom is 0.209 e. The van der Waals surface area contributed by atoms with Gasteiger partial charge in [0.15, 0.2) is 6.19 Å². The molecule has 5 nitrogen and oxygen atoms in total. The van der Waals surface area contributed by atoms with Gasteiger partial charge in [0.1, 0.15) is 0 Å². The first kappa shape index (κ1) is 16.3. The third-order valence-corrected chi connectivity index (χ3v) is 2.56. The molecule has 0 bridgehead atoms. The molecule has 6 heteroatoms.